The summed E-state index contributed by atoms with van der Waals surface area (Å²) in [7, 11) is -3.81. The minimum atomic E-state index is -3.81. The number of rotatable bonds is 8. The molecule has 0 aliphatic carbocycles. The van der Waals surface area contributed by atoms with Gasteiger partial charge < -0.3 is 4.90 Å². The van der Waals surface area contributed by atoms with Crippen molar-refractivity contribution in [2.24, 2.45) is 0 Å². The first-order valence-corrected chi connectivity index (χ1v) is 12.3. The number of nitro benzene ring substituents is 2. The standard InChI is InChI=1S/C13H19N3O6S.C10H8/c1-4-6-14(7-5-2)13-11(15(17)18)8-10(23(3,21)22)9-12(13)16(19)20;1-2-6-10-8-4-3-7-9(10)5-1/h8-9H,4-7H2,1-3H3;1-8H. The van der Waals surface area contributed by atoms with Crippen molar-refractivity contribution in [1.82, 2.24) is 0 Å². The Labute approximate surface area is 192 Å². The Kier molecular flexibility index (Phi) is 8.86. The van der Waals surface area contributed by atoms with Gasteiger partial charge in [0, 0.05) is 31.5 Å². The van der Waals surface area contributed by atoms with Crippen LogP contribution in [0.15, 0.2) is 65.6 Å². The number of hydrogen-bond donors (Lipinski definition) is 0. The summed E-state index contributed by atoms with van der Waals surface area (Å²) in [4.78, 5) is 22.3. The molecule has 0 aromatic heterocycles. The molecule has 33 heavy (non-hydrogen) atoms. The van der Waals surface area contributed by atoms with Crippen LogP contribution in [0.1, 0.15) is 26.7 Å². The van der Waals surface area contributed by atoms with E-state index in [2.05, 4.69) is 48.5 Å². The van der Waals surface area contributed by atoms with Gasteiger partial charge in [0.15, 0.2) is 15.5 Å². The molecule has 0 amide bonds. The molecule has 0 atom stereocenters. The highest BCUT2D eigenvalue weighted by molar-refractivity contribution is 7.90. The lowest BCUT2D eigenvalue weighted by atomic mass is 10.1. The van der Waals surface area contributed by atoms with Crippen molar-refractivity contribution in [3.8, 4) is 0 Å². The molecule has 0 spiro atoms. The number of benzene rings is 3. The minimum absolute atomic E-state index is 0.142. The highest BCUT2D eigenvalue weighted by Gasteiger charge is 2.32. The van der Waals surface area contributed by atoms with E-state index >= 15 is 0 Å². The van der Waals surface area contributed by atoms with Crippen molar-refractivity contribution in [3.63, 3.8) is 0 Å². The molecule has 9 nitrogen and oxygen atoms in total. The lowest BCUT2D eigenvalue weighted by Crippen LogP contribution is -2.26. The molecule has 0 saturated heterocycles. The summed E-state index contributed by atoms with van der Waals surface area (Å²) in [5.41, 5.74) is -1.28. The summed E-state index contributed by atoms with van der Waals surface area (Å²) in [5, 5.41) is 25.3. The maximum Gasteiger partial charge on any atom is 0.300 e. The Morgan fingerprint density at radius 1 is 0.788 bits per heavy atom. The zero-order valence-corrected chi connectivity index (χ0v) is 19.6. The Bertz CT molecular complexity index is 1140. The number of hydrogen-bond acceptors (Lipinski definition) is 7. The second-order valence-corrected chi connectivity index (χ2v) is 9.45. The summed E-state index contributed by atoms with van der Waals surface area (Å²) in [6.45, 7) is 4.50. The molecule has 176 valence electrons. The molecular weight excluding hydrogens is 446 g/mol. The monoisotopic (exact) mass is 473 g/mol. The fraction of sp³-hybridized carbons (Fsp3) is 0.304. The molecule has 10 heteroatoms. The number of anilines is 1. The van der Waals surface area contributed by atoms with Gasteiger partial charge in [-0.15, -0.1) is 0 Å². The maximum atomic E-state index is 11.7. The molecule has 3 aromatic rings. The molecule has 0 unspecified atom stereocenters. The fourth-order valence-corrected chi connectivity index (χ4v) is 4.06. The van der Waals surface area contributed by atoms with Crippen molar-refractivity contribution < 1.29 is 18.3 Å². The van der Waals surface area contributed by atoms with Crippen molar-refractivity contribution >= 4 is 37.7 Å². The molecule has 0 heterocycles. The van der Waals surface area contributed by atoms with Gasteiger partial charge in [0.2, 0.25) is 0 Å². The van der Waals surface area contributed by atoms with Crippen LogP contribution in [-0.2, 0) is 9.84 Å². The van der Waals surface area contributed by atoms with E-state index in [4.69, 9.17) is 0 Å². The van der Waals surface area contributed by atoms with Crippen LogP contribution in [0.4, 0.5) is 17.1 Å². The molecule has 0 aliphatic heterocycles. The van der Waals surface area contributed by atoms with E-state index in [-0.39, 0.29) is 5.69 Å². The van der Waals surface area contributed by atoms with Gasteiger partial charge in [-0.2, -0.15) is 0 Å². The molecule has 3 aromatic carbocycles. The van der Waals surface area contributed by atoms with Gasteiger partial charge in [-0.1, -0.05) is 62.4 Å². The van der Waals surface area contributed by atoms with E-state index in [9.17, 15) is 28.6 Å². The van der Waals surface area contributed by atoms with E-state index in [1.54, 1.807) is 4.90 Å². The second kappa shape index (κ2) is 11.4. The SMILES string of the molecule is CCCN(CCC)c1c([N+](=O)[O-])cc(S(C)(=O)=O)cc1[N+](=O)[O-].c1ccc2ccccc2c1. The Hall–Kier alpha value is -3.53. The Morgan fingerprint density at radius 2 is 1.15 bits per heavy atom. The van der Waals surface area contributed by atoms with Crippen molar-refractivity contribution in [3.05, 3.63) is 80.9 Å². The molecule has 3 rings (SSSR count). The molecule has 0 saturated carbocycles. The van der Waals surface area contributed by atoms with E-state index in [1.807, 2.05) is 13.8 Å². The average Bonchev–Trinajstić information content (AvgIpc) is 2.78. The summed E-state index contributed by atoms with van der Waals surface area (Å²) in [6.07, 6.45) is 2.13. The first-order chi connectivity index (χ1) is 15.6. The van der Waals surface area contributed by atoms with Crippen molar-refractivity contribution in [2.45, 2.75) is 31.6 Å². The van der Waals surface area contributed by atoms with Gasteiger partial charge >= 0.3 is 11.4 Å². The molecule has 0 N–H and O–H groups in total. The highest BCUT2D eigenvalue weighted by atomic mass is 32.2. The molecular formula is C23H27N3O6S. The first kappa shape index (κ1) is 25.7. The van der Waals surface area contributed by atoms with Crippen LogP contribution in [0.2, 0.25) is 0 Å². The summed E-state index contributed by atoms with van der Waals surface area (Å²) in [5.74, 6) is 0. The van der Waals surface area contributed by atoms with E-state index in [0.29, 0.717) is 25.9 Å². The Morgan fingerprint density at radius 3 is 1.42 bits per heavy atom. The third-order valence-electron chi connectivity index (χ3n) is 4.83. The number of sulfone groups is 1. The minimum Gasteiger partial charge on any atom is -0.360 e. The molecule has 0 aliphatic rings. The van der Waals surface area contributed by atoms with Crippen LogP contribution in [0.5, 0.6) is 0 Å². The van der Waals surface area contributed by atoms with Gasteiger partial charge in [0.1, 0.15) is 0 Å². The van der Waals surface area contributed by atoms with E-state index < -0.39 is 36.0 Å². The van der Waals surface area contributed by atoms with Crippen LogP contribution in [0.25, 0.3) is 10.8 Å². The summed E-state index contributed by atoms with van der Waals surface area (Å²) in [6, 6.07) is 18.5. The number of nitrogens with zero attached hydrogens (tertiary/aromatic N) is 3. The van der Waals surface area contributed by atoms with Gasteiger partial charge in [-0.05, 0) is 23.6 Å². The second-order valence-electron chi connectivity index (χ2n) is 7.43. The maximum absolute atomic E-state index is 11.7. The van der Waals surface area contributed by atoms with Crippen LogP contribution in [-0.4, -0.2) is 37.6 Å². The van der Waals surface area contributed by atoms with Crippen LogP contribution >= 0.6 is 0 Å². The first-order valence-electron chi connectivity index (χ1n) is 10.5. The zero-order valence-electron chi connectivity index (χ0n) is 18.8. The van der Waals surface area contributed by atoms with Crippen LogP contribution in [0, 0.1) is 20.2 Å². The van der Waals surface area contributed by atoms with Gasteiger partial charge in [0.25, 0.3) is 0 Å². The molecule has 0 radical (unpaired) electrons. The fourth-order valence-electron chi connectivity index (χ4n) is 3.40. The lowest BCUT2D eigenvalue weighted by Gasteiger charge is -2.23. The van der Waals surface area contributed by atoms with Gasteiger partial charge in [-0.3, -0.25) is 20.2 Å². The largest absolute Gasteiger partial charge is 0.360 e. The number of nitro groups is 2. The predicted octanol–water partition coefficient (Wildman–Crippen LogP) is 5.37. The predicted molar refractivity (Wildman–Crippen MR) is 130 cm³/mol. The molecule has 0 fully saturated rings. The van der Waals surface area contributed by atoms with Gasteiger partial charge in [-0.25, -0.2) is 8.42 Å². The quantitative estimate of drug-likeness (QED) is 0.318. The Balaban J connectivity index is 0.000000315. The highest BCUT2D eigenvalue weighted by Crippen LogP contribution is 2.40. The van der Waals surface area contributed by atoms with Crippen LogP contribution in [0.3, 0.4) is 0 Å². The normalized spacial score (nSPS) is 10.9. The third-order valence-corrected chi connectivity index (χ3v) is 5.92. The number of fused-ring (bicyclic) bond motifs is 1. The summed E-state index contributed by atoms with van der Waals surface area (Å²) >= 11 is 0. The lowest BCUT2D eigenvalue weighted by molar-refractivity contribution is -0.393. The molecule has 0 bridgehead atoms. The van der Waals surface area contributed by atoms with Crippen molar-refractivity contribution in [2.75, 3.05) is 24.2 Å². The smallest absolute Gasteiger partial charge is 0.300 e. The van der Waals surface area contributed by atoms with E-state index in [1.165, 1.54) is 10.8 Å². The average molecular weight is 474 g/mol. The van der Waals surface area contributed by atoms with E-state index in [0.717, 1.165) is 18.4 Å². The third kappa shape index (κ3) is 6.72. The van der Waals surface area contributed by atoms with Crippen molar-refractivity contribution in [1.29, 1.82) is 0 Å². The zero-order chi connectivity index (χ0) is 24.6. The van der Waals surface area contributed by atoms with Crippen LogP contribution < -0.4 is 4.90 Å². The van der Waals surface area contributed by atoms with Gasteiger partial charge in [0.05, 0.1) is 14.7 Å². The topological polar surface area (TPSA) is 124 Å². The summed E-state index contributed by atoms with van der Waals surface area (Å²) < 4.78 is 23.3.